The van der Waals surface area contributed by atoms with Gasteiger partial charge in [0.05, 0.1) is 24.2 Å². The van der Waals surface area contributed by atoms with Crippen molar-refractivity contribution in [2.45, 2.75) is 24.0 Å². The van der Waals surface area contributed by atoms with Gasteiger partial charge in [-0.3, -0.25) is 0 Å². The van der Waals surface area contributed by atoms with E-state index in [1.807, 2.05) is 0 Å². The zero-order valence-electron chi connectivity index (χ0n) is 10.5. The molecule has 0 aliphatic carbocycles. The Morgan fingerprint density at radius 3 is 2.89 bits per heavy atom. The van der Waals surface area contributed by atoms with E-state index in [-0.39, 0.29) is 30.7 Å². The summed E-state index contributed by atoms with van der Waals surface area (Å²) in [5, 5.41) is 9.07. The van der Waals surface area contributed by atoms with Crippen LogP contribution in [0.15, 0.2) is 29.2 Å². The van der Waals surface area contributed by atoms with Crippen LogP contribution in [0.1, 0.15) is 6.92 Å². The van der Waals surface area contributed by atoms with Crippen LogP contribution in [0, 0.1) is 5.82 Å². The van der Waals surface area contributed by atoms with Crippen molar-refractivity contribution in [3.8, 4) is 0 Å². The molecule has 5 nitrogen and oxygen atoms in total. The minimum absolute atomic E-state index is 0.0660. The normalized spacial score (nSPS) is 25.4. The number of rotatable bonds is 3. The highest BCUT2D eigenvalue weighted by atomic mass is 32.2. The van der Waals surface area contributed by atoms with E-state index in [0.29, 0.717) is 0 Å². The number of benzene rings is 1. The Morgan fingerprint density at radius 1 is 1.53 bits per heavy atom. The number of hydrogen-bond donors (Lipinski definition) is 1. The lowest BCUT2D eigenvalue weighted by atomic mass is 10.2. The van der Waals surface area contributed by atoms with Gasteiger partial charge in [0.15, 0.2) is 0 Å². The third-order valence-corrected chi connectivity index (χ3v) is 5.03. The summed E-state index contributed by atoms with van der Waals surface area (Å²) in [4.78, 5) is -0.0852. The zero-order valence-corrected chi connectivity index (χ0v) is 11.3. The van der Waals surface area contributed by atoms with Crippen molar-refractivity contribution < 1.29 is 22.7 Å². The highest BCUT2D eigenvalue weighted by molar-refractivity contribution is 7.89. The summed E-state index contributed by atoms with van der Waals surface area (Å²) >= 11 is 0. The standard InChI is InChI=1S/C12H16FNO4S/c1-9-8-18-11(7-15)6-14(9)19(16,17)12-4-2-3-10(13)5-12/h2-5,9,11,15H,6-8H2,1H3. The summed E-state index contributed by atoms with van der Waals surface area (Å²) in [7, 11) is -3.77. The number of aliphatic hydroxyl groups is 1. The second-order valence-corrected chi connectivity index (χ2v) is 6.41. The van der Waals surface area contributed by atoms with Gasteiger partial charge in [-0.05, 0) is 25.1 Å². The zero-order chi connectivity index (χ0) is 14.0. The first-order chi connectivity index (χ1) is 8.95. The monoisotopic (exact) mass is 289 g/mol. The maximum absolute atomic E-state index is 13.2. The molecule has 19 heavy (non-hydrogen) atoms. The average molecular weight is 289 g/mol. The van der Waals surface area contributed by atoms with E-state index in [1.165, 1.54) is 22.5 Å². The van der Waals surface area contributed by atoms with Crippen LogP contribution in [0.2, 0.25) is 0 Å². The van der Waals surface area contributed by atoms with Gasteiger partial charge in [0.1, 0.15) is 5.82 Å². The highest BCUT2D eigenvalue weighted by Crippen LogP contribution is 2.22. The van der Waals surface area contributed by atoms with Crippen molar-refractivity contribution in [1.29, 1.82) is 0 Å². The van der Waals surface area contributed by atoms with Gasteiger partial charge in [0, 0.05) is 12.6 Å². The number of morpholine rings is 1. The van der Waals surface area contributed by atoms with Gasteiger partial charge in [0.25, 0.3) is 0 Å². The van der Waals surface area contributed by atoms with Gasteiger partial charge in [0.2, 0.25) is 10.0 Å². The molecule has 0 bridgehead atoms. The van der Waals surface area contributed by atoms with E-state index >= 15 is 0 Å². The predicted octanol–water partition coefficient (Wildman–Crippen LogP) is 0.596. The van der Waals surface area contributed by atoms with Gasteiger partial charge >= 0.3 is 0 Å². The summed E-state index contributed by atoms with van der Waals surface area (Å²) in [6.45, 7) is 1.74. The van der Waals surface area contributed by atoms with Crippen molar-refractivity contribution in [2.24, 2.45) is 0 Å². The molecule has 1 aliphatic rings. The van der Waals surface area contributed by atoms with Crippen LogP contribution >= 0.6 is 0 Å². The molecule has 1 heterocycles. The van der Waals surface area contributed by atoms with Crippen LogP contribution in [-0.4, -0.2) is 49.7 Å². The molecule has 0 aromatic heterocycles. The first kappa shape index (κ1) is 14.4. The molecule has 1 aliphatic heterocycles. The number of aliphatic hydroxyl groups excluding tert-OH is 1. The van der Waals surface area contributed by atoms with Crippen LogP contribution in [0.4, 0.5) is 4.39 Å². The number of hydrogen-bond acceptors (Lipinski definition) is 4. The number of sulfonamides is 1. The molecule has 0 saturated carbocycles. The fraction of sp³-hybridized carbons (Fsp3) is 0.500. The molecule has 1 aromatic carbocycles. The van der Waals surface area contributed by atoms with E-state index in [1.54, 1.807) is 6.92 Å². The quantitative estimate of drug-likeness (QED) is 0.884. The average Bonchev–Trinajstić information content (AvgIpc) is 2.39. The Labute approximate surface area is 111 Å². The van der Waals surface area contributed by atoms with E-state index in [2.05, 4.69) is 0 Å². The fourth-order valence-electron chi connectivity index (χ4n) is 2.00. The minimum Gasteiger partial charge on any atom is -0.394 e. The topological polar surface area (TPSA) is 66.8 Å². The first-order valence-electron chi connectivity index (χ1n) is 5.95. The molecule has 2 unspecified atom stereocenters. The van der Waals surface area contributed by atoms with Crippen LogP contribution < -0.4 is 0 Å². The molecule has 1 saturated heterocycles. The maximum Gasteiger partial charge on any atom is 0.243 e. The van der Waals surface area contributed by atoms with Crippen LogP contribution in [0.3, 0.4) is 0 Å². The number of nitrogens with zero attached hydrogens (tertiary/aromatic N) is 1. The molecule has 1 N–H and O–H groups in total. The van der Waals surface area contributed by atoms with E-state index in [4.69, 9.17) is 9.84 Å². The van der Waals surface area contributed by atoms with Crippen LogP contribution in [0.25, 0.3) is 0 Å². The van der Waals surface area contributed by atoms with E-state index in [0.717, 1.165) is 6.07 Å². The largest absolute Gasteiger partial charge is 0.394 e. The van der Waals surface area contributed by atoms with E-state index in [9.17, 15) is 12.8 Å². The van der Waals surface area contributed by atoms with Crippen LogP contribution in [0.5, 0.6) is 0 Å². The number of halogens is 1. The number of ether oxygens (including phenoxy) is 1. The molecular weight excluding hydrogens is 273 g/mol. The summed E-state index contributed by atoms with van der Waals surface area (Å²) in [6, 6.07) is 4.55. The lowest BCUT2D eigenvalue weighted by molar-refractivity contribution is -0.0516. The van der Waals surface area contributed by atoms with Crippen molar-refractivity contribution in [3.63, 3.8) is 0 Å². The molecule has 1 aromatic rings. The Balaban J connectivity index is 2.32. The molecule has 2 rings (SSSR count). The Hall–Kier alpha value is -1.02. The van der Waals surface area contributed by atoms with Crippen molar-refractivity contribution in [3.05, 3.63) is 30.1 Å². The molecular formula is C12H16FNO4S. The molecule has 106 valence electrons. The summed E-state index contributed by atoms with van der Waals surface area (Å²) < 4.78 is 44.6. The lowest BCUT2D eigenvalue weighted by Crippen LogP contribution is -2.51. The molecule has 0 spiro atoms. The Bertz CT molecular complexity index is 548. The Kier molecular flexibility index (Phi) is 4.19. The first-order valence-corrected chi connectivity index (χ1v) is 7.39. The third-order valence-electron chi connectivity index (χ3n) is 3.05. The molecule has 0 amide bonds. The predicted molar refractivity (Wildman–Crippen MR) is 66.6 cm³/mol. The fourth-order valence-corrected chi connectivity index (χ4v) is 3.68. The second kappa shape index (κ2) is 5.54. The van der Waals surface area contributed by atoms with Crippen molar-refractivity contribution in [2.75, 3.05) is 19.8 Å². The molecule has 1 fully saturated rings. The van der Waals surface area contributed by atoms with Crippen molar-refractivity contribution in [1.82, 2.24) is 4.31 Å². The van der Waals surface area contributed by atoms with Gasteiger partial charge in [-0.15, -0.1) is 0 Å². The second-order valence-electron chi connectivity index (χ2n) is 4.52. The molecule has 2 atom stereocenters. The van der Waals surface area contributed by atoms with E-state index < -0.39 is 21.9 Å². The summed E-state index contributed by atoms with van der Waals surface area (Å²) in [5.74, 6) is -0.597. The third kappa shape index (κ3) is 2.94. The molecule has 0 radical (unpaired) electrons. The van der Waals surface area contributed by atoms with Gasteiger partial charge < -0.3 is 9.84 Å². The minimum atomic E-state index is -3.77. The van der Waals surface area contributed by atoms with Crippen molar-refractivity contribution >= 4 is 10.0 Å². The summed E-state index contributed by atoms with van der Waals surface area (Å²) in [6.07, 6.45) is -0.542. The highest BCUT2D eigenvalue weighted by Gasteiger charge is 2.35. The lowest BCUT2D eigenvalue weighted by Gasteiger charge is -2.36. The van der Waals surface area contributed by atoms with Gasteiger partial charge in [-0.25, -0.2) is 12.8 Å². The van der Waals surface area contributed by atoms with Gasteiger partial charge in [-0.1, -0.05) is 6.07 Å². The SMILES string of the molecule is CC1COC(CO)CN1S(=O)(=O)c1cccc(F)c1. The van der Waals surface area contributed by atoms with Crippen LogP contribution in [-0.2, 0) is 14.8 Å². The summed E-state index contributed by atoms with van der Waals surface area (Å²) in [5.41, 5.74) is 0. The molecule has 7 heteroatoms. The Morgan fingerprint density at radius 2 is 2.26 bits per heavy atom. The smallest absolute Gasteiger partial charge is 0.243 e. The van der Waals surface area contributed by atoms with Gasteiger partial charge in [-0.2, -0.15) is 4.31 Å². The maximum atomic E-state index is 13.2.